The van der Waals surface area contributed by atoms with Crippen molar-refractivity contribution in [2.24, 2.45) is 5.92 Å². The summed E-state index contributed by atoms with van der Waals surface area (Å²) in [6.07, 6.45) is 2.57. The van der Waals surface area contributed by atoms with Crippen molar-refractivity contribution in [1.82, 2.24) is 5.48 Å². The lowest BCUT2D eigenvalue weighted by Crippen LogP contribution is -2.33. The van der Waals surface area contributed by atoms with E-state index in [1.165, 1.54) is 17.7 Å². The minimum atomic E-state index is -0.326. The van der Waals surface area contributed by atoms with Gasteiger partial charge in [0.2, 0.25) is 0 Å². The normalized spacial score (nSPS) is 19.8. The fourth-order valence-electron chi connectivity index (χ4n) is 1.60. The zero-order valence-electron chi connectivity index (χ0n) is 9.43. The summed E-state index contributed by atoms with van der Waals surface area (Å²) in [5.41, 5.74) is 3.90. The number of carbonyl (C=O) groups excluding carboxylic acids is 1. The van der Waals surface area contributed by atoms with Crippen LogP contribution in [0, 0.1) is 5.92 Å². The number of carbonyl (C=O) groups is 1. The van der Waals surface area contributed by atoms with E-state index in [1.807, 2.05) is 0 Å². The average molecular weight is 233 g/mol. The Morgan fingerprint density at radius 1 is 1.53 bits per heavy atom. The van der Waals surface area contributed by atoms with Crippen molar-refractivity contribution < 1.29 is 14.7 Å². The molecule has 2 unspecified atom stereocenters. The van der Waals surface area contributed by atoms with E-state index < -0.39 is 0 Å². The summed E-state index contributed by atoms with van der Waals surface area (Å²) in [6.45, 7) is 3.85. The van der Waals surface area contributed by atoms with E-state index in [-0.39, 0.29) is 11.8 Å². The maximum atomic E-state index is 10.8. The Kier molecular flexibility index (Phi) is 3.44. The second kappa shape index (κ2) is 5.01. The summed E-state index contributed by atoms with van der Waals surface area (Å²) in [5, 5.41) is 9.09. The molecule has 0 amide bonds. The number of benzene rings is 1. The molecular weight excluding hydrogens is 218 g/mol. The van der Waals surface area contributed by atoms with Crippen molar-refractivity contribution in [3.8, 4) is 11.5 Å². The standard InChI is InChI=1S/C13H15NO3/c1-9-6-10(9)7-11(8-15)14-17-13-4-2-12(16)3-5-13/h2-5,8,10-11,14,16H,1,6-7H2. The van der Waals surface area contributed by atoms with Crippen LogP contribution in [-0.4, -0.2) is 17.4 Å². The highest BCUT2D eigenvalue weighted by Gasteiger charge is 2.30. The number of rotatable bonds is 6. The van der Waals surface area contributed by atoms with E-state index in [2.05, 4.69) is 12.1 Å². The molecule has 2 rings (SSSR count). The lowest BCUT2D eigenvalue weighted by molar-refractivity contribution is -0.111. The van der Waals surface area contributed by atoms with E-state index in [0.717, 1.165) is 19.1 Å². The van der Waals surface area contributed by atoms with Gasteiger partial charge in [-0.2, -0.15) is 0 Å². The minimum Gasteiger partial charge on any atom is -0.508 e. The number of aromatic hydroxyl groups is 1. The summed E-state index contributed by atoms with van der Waals surface area (Å²) >= 11 is 0. The van der Waals surface area contributed by atoms with Crippen LogP contribution in [-0.2, 0) is 4.79 Å². The fraction of sp³-hybridized carbons (Fsp3) is 0.308. The van der Waals surface area contributed by atoms with Crippen molar-refractivity contribution in [3.05, 3.63) is 36.4 Å². The first kappa shape index (κ1) is 11.7. The van der Waals surface area contributed by atoms with Crippen LogP contribution in [0.15, 0.2) is 36.4 Å². The quantitative estimate of drug-likeness (QED) is 0.447. The monoisotopic (exact) mass is 233 g/mol. The molecule has 0 aliphatic heterocycles. The van der Waals surface area contributed by atoms with Gasteiger partial charge in [-0.05, 0) is 43.0 Å². The second-order valence-corrected chi connectivity index (χ2v) is 4.25. The van der Waals surface area contributed by atoms with Gasteiger partial charge in [0.25, 0.3) is 0 Å². The summed E-state index contributed by atoms with van der Waals surface area (Å²) < 4.78 is 0. The molecular formula is C13H15NO3. The molecule has 4 nitrogen and oxygen atoms in total. The lowest BCUT2D eigenvalue weighted by atomic mass is 10.1. The van der Waals surface area contributed by atoms with Crippen LogP contribution in [0.3, 0.4) is 0 Å². The average Bonchev–Trinajstić information content (AvgIpc) is 3.02. The van der Waals surface area contributed by atoms with Crippen molar-refractivity contribution in [2.75, 3.05) is 0 Å². The third-order valence-electron chi connectivity index (χ3n) is 2.79. The first-order valence-electron chi connectivity index (χ1n) is 5.53. The summed E-state index contributed by atoms with van der Waals surface area (Å²) in [5.74, 6) is 1.18. The predicted octanol–water partition coefficient (Wildman–Crippen LogP) is 1.81. The third kappa shape index (κ3) is 3.32. The molecule has 1 aromatic carbocycles. The zero-order chi connectivity index (χ0) is 12.3. The molecule has 1 aromatic rings. The Balaban J connectivity index is 1.80. The zero-order valence-corrected chi connectivity index (χ0v) is 9.43. The Morgan fingerprint density at radius 2 is 2.18 bits per heavy atom. The maximum Gasteiger partial charge on any atom is 0.147 e. The molecule has 0 saturated heterocycles. The number of hydrogen-bond acceptors (Lipinski definition) is 4. The molecule has 0 heterocycles. The number of hydrogen-bond donors (Lipinski definition) is 2. The Bertz CT molecular complexity index is 413. The molecule has 0 bridgehead atoms. The van der Waals surface area contributed by atoms with Gasteiger partial charge in [0.05, 0.1) is 6.04 Å². The molecule has 0 aromatic heterocycles. The molecule has 2 atom stereocenters. The Morgan fingerprint density at radius 3 is 2.71 bits per heavy atom. The molecule has 0 radical (unpaired) electrons. The van der Waals surface area contributed by atoms with Gasteiger partial charge in [0.1, 0.15) is 17.8 Å². The third-order valence-corrected chi connectivity index (χ3v) is 2.79. The molecule has 1 saturated carbocycles. The van der Waals surface area contributed by atoms with Gasteiger partial charge in [-0.3, -0.25) is 0 Å². The van der Waals surface area contributed by atoms with Crippen molar-refractivity contribution in [3.63, 3.8) is 0 Å². The number of nitrogens with one attached hydrogen (secondary N) is 1. The predicted molar refractivity (Wildman–Crippen MR) is 63.6 cm³/mol. The van der Waals surface area contributed by atoms with Crippen LogP contribution in [0.25, 0.3) is 0 Å². The fourth-order valence-corrected chi connectivity index (χ4v) is 1.60. The number of aldehydes is 1. The number of allylic oxidation sites excluding steroid dienone is 1. The van der Waals surface area contributed by atoms with Crippen LogP contribution < -0.4 is 10.3 Å². The molecule has 17 heavy (non-hydrogen) atoms. The molecule has 1 fully saturated rings. The van der Waals surface area contributed by atoms with Crippen LogP contribution in [0.4, 0.5) is 0 Å². The summed E-state index contributed by atoms with van der Waals surface area (Å²) in [7, 11) is 0. The minimum absolute atomic E-state index is 0.179. The van der Waals surface area contributed by atoms with E-state index in [9.17, 15) is 4.79 Å². The van der Waals surface area contributed by atoms with Gasteiger partial charge < -0.3 is 14.7 Å². The number of phenols is 1. The smallest absolute Gasteiger partial charge is 0.147 e. The van der Waals surface area contributed by atoms with E-state index >= 15 is 0 Å². The van der Waals surface area contributed by atoms with Crippen molar-refractivity contribution in [2.45, 2.75) is 18.9 Å². The Hall–Kier alpha value is -1.81. The molecule has 1 aliphatic rings. The largest absolute Gasteiger partial charge is 0.508 e. The van der Waals surface area contributed by atoms with Gasteiger partial charge >= 0.3 is 0 Å². The van der Waals surface area contributed by atoms with Crippen LogP contribution in [0.5, 0.6) is 11.5 Å². The number of phenolic OH excluding ortho intramolecular Hbond substituents is 1. The molecule has 2 N–H and O–H groups in total. The highest BCUT2D eigenvalue weighted by Crippen LogP contribution is 2.39. The van der Waals surface area contributed by atoms with Crippen molar-refractivity contribution in [1.29, 1.82) is 0 Å². The van der Waals surface area contributed by atoms with Crippen molar-refractivity contribution >= 4 is 6.29 Å². The van der Waals surface area contributed by atoms with Gasteiger partial charge in [0.15, 0.2) is 0 Å². The van der Waals surface area contributed by atoms with Gasteiger partial charge in [-0.15, -0.1) is 5.48 Å². The first-order chi connectivity index (χ1) is 8.19. The Labute approximate surface area is 99.9 Å². The molecule has 1 aliphatic carbocycles. The SMILES string of the molecule is C=C1CC1CC(C=O)NOc1ccc(O)cc1. The van der Waals surface area contributed by atoms with Gasteiger partial charge in [0, 0.05) is 0 Å². The summed E-state index contributed by atoms with van der Waals surface area (Å²) in [4.78, 5) is 16.1. The lowest BCUT2D eigenvalue weighted by Gasteiger charge is -2.12. The first-order valence-corrected chi connectivity index (χ1v) is 5.53. The van der Waals surface area contributed by atoms with E-state index in [1.54, 1.807) is 12.1 Å². The highest BCUT2D eigenvalue weighted by atomic mass is 16.6. The van der Waals surface area contributed by atoms with E-state index in [4.69, 9.17) is 9.94 Å². The maximum absolute atomic E-state index is 10.8. The number of hydroxylamine groups is 1. The van der Waals surface area contributed by atoms with Crippen LogP contribution in [0.2, 0.25) is 0 Å². The van der Waals surface area contributed by atoms with E-state index in [0.29, 0.717) is 11.7 Å². The topological polar surface area (TPSA) is 58.6 Å². The van der Waals surface area contributed by atoms with Crippen LogP contribution >= 0.6 is 0 Å². The summed E-state index contributed by atoms with van der Waals surface area (Å²) in [6, 6.07) is 5.97. The molecule has 4 heteroatoms. The molecule has 90 valence electrons. The van der Waals surface area contributed by atoms with Gasteiger partial charge in [-0.1, -0.05) is 12.2 Å². The highest BCUT2D eigenvalue weighted by molar-refractivity contribution is 5.57. The van der Waals surface area contributed by atoms with Gasteiger partial charge in [-0.25, -0.2) is 0 Å². The second-order valence-electron chi connectivity index (χ2n) is 4.25. The molecule has 0 spiro atoms. The van der Waals surface area contributed by atoms with Crippen LogP contribution in [0.1, 0.15) is 12.8 Å².